The maximum Gasteiger partial charge on any atom is 0.257 e. The summed E-state index contributed by atoms with van der Waals surface area (Å²) in [5.41, 5.74) is 0.354. The van der Waals surface area contributed by atoms with Gasteiger partial charge < -0.3 is 10.1 Å². The Kier molecular flexibility index (Phi) is 2.69. The lowest BCUT2D eigenvalue weighted by Crippen LogP contribution is -2.52. The maximum atomic E-state index is 13.0. The summed E-state index contributed by atoms with van der Waals surface area (Å²) in [6, 6.07) is 7.72. The van der Waals surface area contributed by atoms with Crippen LogP contribution in [0.25, 0.3) is 0 Å². The van der Waals surface area contributed by atoms with Crippen LogP contribution in [-0.2, 0) is 9.53 Å². The van der Waals surface area contributed by atoms with Gasteiger partial charge in [0.15, 0.2) is 5.60 Å². The molecule has 21 heavy (non-hydrogen) atoms. The van der Waals surface area contributed by atoms with Crippen molar-refractivity contribution in [3.63, 3.8) is 0 Å². The number of benzene rings is 1. The topological polar surface area (TPSA) is 38.3 Å². The number of rotatable bonds is 2. The van der Waals surface area contributed by atoms with E-state index in [1.165, 1.54) is 6.42 Å². The quantitative estimate of drug-likeness (QED) is 0.876. The molecule has 1 heterocycles. The van der Waals surface area contributed by atoms with Crippen LogP contribution in [-0.4, -0.2) is 18.1 Å². The Morgan fingerprint density at radius 3 is 2.67 bits per heavy atom. The molecule has 3 nitrogen and oxygen atoms in total. The third-order valence-electron chi connectivity index (χ3n) is 6.67. The number of ether oxygens (including phenoxy) is 1. The molecule has 1 aromatic rings. The minimum Gasteiger partial charge on any atom is -0.364 e. The van der Waals surface area contributed by atoms with E-state index in [-0.39, 0.29) is 16.7 Å². The zero-order valence-electron chi connectivity index (χ0n) is 12.4. The van der Waals surface area contributed by atoms with Crippen molar-refractivity contribution >= 4 is 27.5 Å². The van der Waals surface area contributed by atoms with Gasteiger partial charge in [0.25, 0.3) is 5.91 Å². The second kappa shape index (κ2) is 4.11. The van der Waals surface area contributed by atoms with Crippen molar-refractivity contribution in [1.82, 2.24) is 0 Å². The Balaban J connectivity index is 1.65. The van der Waals surface area contributed by atoms with Gasteiger partial charge in [-0.2, -0.15) is 0 Å². The number of hydrogen-bond donors (Lipinski definition) is 1. The molecule has 1 N–H and O–H groups in total. The first-order valence-electron chi connectivity index (χ1n) is 7.62. The number of halogens is 1. The number of nitrogens with one attached hydrogen (secondary N) is 1. The molecule has 3 fully saturated rings. The first-order valence-corrected chi connectivity index (χ1v) is 8.42. The molecule has 4 bridgehead atoms. The Morgan fingerprint density at radius 2 is 2.05 bits per heavy atom. The smallest absolute Gasteiger partial charge is 0.257 e. The van der Waals surface area contributed by atoms with Gasteiger partial charge in [-0.05, 0) is 49.4 Å². The average Bonchev–Trinajstić information content (AvgIpc) is 2.93. The van der Waals surface area contributed by atoms with Crippen molar-refractivity contribution in [2.24, 2.45) is 16.7 Å². The highest BCUT2D eigenvalue weighted by molar-refractivity contribution is 9.10. The van der Waals surface area contributed by atoms with E-state index in [9.17, 15) is 4.79 Å². The number of anilines is 1. The van der Waals surface area contributed by atoms with E-state index in [2.05, 4.69) is 35.1 Å². The Bertz CT molecular complexity index is 616. The summed E-state index contributed by atoms with van der Waals surface area (Å²) in [6.45, 7) is 5.29. The molecule has 0 aromatic heterocycles. The van der Waals surface area contributed by atoms with Crippen LogP contribution in [0.3, 0.4) is 0 Å². The molecule has 4 heteroatoms. The van der Waals surface area contributed by atoms with Crippen LogP contribution in [0.5, 0.6) is 0 Å². The predicted molar refractivity (Wildman–Crippen MR) is 85.0 cm³/mol. The van der Waals surface area contributed by atoms with E-state index in [4.69, 9.17) is 4.74 Å². The van der Waals surface area contributed by atoms with Crippen molar-refractivity contribution in [3.8, 4) is 0 Å². The molecule has 0 spiro atoms. The van der Waals surface area contributed by atoms with Gasteiger partial charge in [-0.1, -0.05) is 29.8 Å². The molecule has 112 valence electrons. The fourth-order valence-corrected chi connectivity index (χ4v) is 5.29. The second-order valence-corrected chi connectivity index (χ2v) is 8.18. The summed E-state index contributed by atoms with van der Waals surface area (Å²) in [5, 5.41) is 3.07. The highest BCUT2D eigenvalue weighted by Gasteiger charge is 2.78. The molecule has 1 aromatic carbocycles. The minimum atomic E-state index is -0.627. The van der Waals surface area contributed by atoms with Gasteiger partial charge in [-0.25, -0.2) is 0 Å². The van der Waals surface area contributed by atoms with Crippen molar-refractivity contribution < 1.29 is 9.53 Å². The molecule has 1 aliphatic heterocycles. The molecule has 4 unspecified atom stereocenters. The second-order valence-electron chi connectivity index (χ2n) is 7.27. The van der Waals surface area contributed by atoms with E-state index < -0.39 is 5.60 Å². The molecule has 2 aliphatic carbocycles. The fourth-order valence-electron chi connectivity index (χ4n) is 5.02. The zero-order valence-corrected chi connectivity index (χ0v) is 14.0. The molecule has 2 saturated carbocycles. The SMILES string of the molecule is CC12COC3(C(=O)Nc4ccc(Br)cc4)CC1CCC32C. The molecule has 1 amide bonds. The fraction of sp³-hybridized carbons (Fsp3) is 0.588. The summed E-state index contributed by atoms with van der Waals surface area (Å²) in [4.78, 5) is 13.0. The van der Waals surface area contributed by atoms with Crippen LogP contribution in [0, 0.1) is 16.7 Å². The van der Waals surface area contributed by atoms with E-state index >= 15 is 0 Å². The lowest BCUT2D eigenvalue weighted by molar-refractivity contribution is -0.149. The van der Waals surface area contributed by atoms with E-state index in [1.807, 2.05) is 24.3 Å². The normalized spacial score (nSPS) is 43.3. The summed E-state index contributed by atoms with van der Waals surface area (Å²) in [6.07, 6.45) is 3.22. The van der Waals surface area contributed by atoms with Crippen molar-refractivity contribution in [1.29, 1.82) is 0 Å². The van der Waals surface area contributed by atoms with Gasteiger partial charge in [0.05, 0.1) is 6.61 Å². The third-order valence-corrected chi connectivity index (χ3v) is 7.20. The number of amides is 1. The van der Waals surface area contributed by atoms with Crippen molar-refractivity contribution in [3.05, 3.63) is 28.7 Å². The Morgan fingerprint density at radius 1 is 1.33 bits per heavy atom. The highest BCUT2D eigenvalue weighted by Crippen LogP contribution is 2.75. The maximum absolute atomic E-state index is 13.0. The molecule has 4 atom stereocenters. The Labute approximate surface area is 133 Å². The molecule has 1 saturated heterocycles. The monoisotopic (exact) mass is 349 g/mol. The van der Waals surface area contributed by atoms with E-state index in [1.54, 1.807) is 0 Å². The first-order chi connectivity index (χ1) is 9.91. The van der Waals surface area contributed by atoms with Crippen LogP contribution >= 0.6 is 15.9 Å². The molecule has 4 rings (SSSR count). The molecule has 3 aliphatic rings. The average molecular weight is 350 g/mol. The van der Waals surface area contributed by atoms with Crippen LogP contribution < -0.4 is 5.32 Å². The van der Waals surface area contributed by atoms with Crippen LogP contribution in [0.4, 0.5) is 5.69 Å². The van der Waals surface area contributed by atoms with Gasteiger partial charge in [0, 0.05) is 21.0 Å². The number of carbonyl (C=O) groups excluding carboxylic acids is 1. The summed E-state index contributed by atoms with van der Waals surface area (Å²) in [5.74, 6) is 0.671. The predicted octanol–water partition coefficient (Wildman–Crippen LogP) is 3.98. The van der Waals surface area contributed by atoms with Crippen LogP contribution in [0.2, 0.25) is 0 Å². The largest absolute Gasteiger partial charge is 0.364 e. The van der Waals surface area contributed by atoms with E-state index in [0.717, 1.165) is 29.6 Å². The van der Waals surface area contributed by atoms with E-state index in [0.29, 0.717) is 5.92 Å². The lowest BCUT2D eigenvalue weighted by Gasteiger charge is -2.40. The summed E-state index contributed by atoms with van der Waals surface area (Å²) < 4.78 is 7.13. The van der Waals surface area contributed by atoms with Gasteiger partial charge >= 0.3 is 0 Å². The molecular formula is C17H20BrNO2. The van der Waals surface area contributed by atoms with Crippen molar-refractivity contribution in [2.45, 2.75) is 38.7 Å². The molecule has 0 radical (unpaired) electrons. The van der Waals surface area contributed by atoms with Crippen LogP contribution in [0.1, 0.15) is 33.1 Å². The van der Waals surface area contributed by atoms with Gasteiger partial charge in [-0.15, -0.1) is 0 Å². The third kappa shape index (κ3) is 1.50. The minimum absolute atomic E-state index is 0.0237. The van der Waals surface area contributed by atoms with Gasteiger partial charge in [0.2, 0.25) is 0 Å². The zero-order chi connectivity index (χ0) is 14.9. The van der Waals surface area contributed by atoms with Crippen LogP contribution in [0.15, 0.2) is 28.7 Å². The number of carbonyl (C=O) groups is 1. The standard InChI is InChI=1S/C17H20BrNO2/c1-15-10-21-17(9-11(15)7-8-16(15,17)2)14(20)19-13-5-3-12(18)4-6-13/h3-6,11H,7-10H2,1-2H3,(H,19,20). The number of hydrogen-bond acceptors (Lipinski definition) is 2. The highest BCUT2D eigenvalue weighted by atomic mass is 79.9. The summed E-state index contributed by atoms with van der Waals surface area (Å²) in [7, 11) is 0. The lowest BCUT2D eigenvalue weighted by atomic mass is 9.66. The first kappa shape index (κ1) is 13.8. The van der Waals surface area contributed by atoms with Crippen molar-refractivity contribution in [2.75, 3.05) is 11.9 Å². The molecular weight excluding hydrogens is 330 g/mol. The Hall–Kier alpha value is -0.870. The summed E-state index contributed by atoms with van der Waals surface area (Å²) >= 11 is 3.41. The van der Waals surface area contributed by atoms with Gasteiger partial charge in [-0.3, -0.25) is 4.79 Å². The van der Waals surface area contributed by atoms with Gasteiger partial charge in [0.1, 0.15) is 0 Å².